The average Bonchev–Trinajstić information content (AvgIpc) is 3.25. The molecule has 8 rings (SSSR count). The zero-order valence-electron chi connectivity index (χ0n) is 34.3. The van der Waals surface area contributed by atoms with Crippen LogP contribution in [0.15, 0.2) is 97.6 Å². The van der Waals surface area contributed by atoms with Crippen LogP contribution in [0.3, 0.4) is 0 Å². The fraction of sp³-hybridized carbons (Fsp3) is 0.222. The van der Waals surface area contributed by atoms with Crippen LogP contribution in [0.1, 0.15) is 16.7 Å². The van der Waals surface area contributed by atoms with Gasteiger partial charge in [-0.05, 0) is 86.1 Å². The number of piperazine rings is 1. The molecule has 0 bridgehead atoms. The van der Waals surface area contributed by atoms with Crippen LogP contribution >= 0.6 is 23.2 Å². The molecule has 5 aromatic carbocycles. The highest BCUT2D eigenvalue weighted by molar-refractivity contribution is 6.34. The van der Waals surface area contributed by atoms with E-state index in [9.17, 15) is 4.79 Å². The lowest BCUT2D eigenvalue weighted by Gasteiger charge is -2.32. The van der Waals surface area contributed by atoms with Gasteiger partial charge in [0.05, 0.1) is 57.4 Å². The Labute approximate surface area is 363 Å². The molecular weight excluding hydrogens is 817 g/mol. The summed E-state index contributed by atoms with van der Waals surface area (Å²) in [5.74, 6) is 2.96. The van der Waals surface area contributed by atoms with Crippen LogP contribution in [0, 0.1) is 13.8 Å². The summed E-state index contributed by atoms with van der Waals surface area (Å²) in [5.41, 5.74) is 12.3. The molecule has 314 valence electrons. The summed E-state index contributed by atoms with van der Waals surface area (Å²) < 4.78 is 22.6. The Morgan fingerprint density at radius 2 is 1.26 bits per heavy atom. The molecule has 16 heteroatoms. The SMILES string of the molecule is COc1cc2ncnc(Oc3ccc(NC(=O)Nc4ccccc4CN4CCN(C)CC4)c(Cl)c3)c2cc1OC.Cc1cc2ncnc(Oc3ccc(N)c(Cl)c3)c2cc1C. The third-order valence-electron chi connectivity index (χ3n) is 10.2. The number of rotatable bonds is 10. The summed E-state index contributed by atoms with van der Waals surface area (Å²) in [6.45, 7) is 8.92. The molecule has 1 aliphatic rings. The van der Waals surface area contributed by atoms with E-state index in [2.05, 4.69) is 54.3 Å². The minimum Gasteiger partial charge on any atom is -0.493 e. The summed E-state index contributed by atoms with van der Waals surface area (Å²) in [4.78, 5) is 34.7. The Kier molecular flexibility index (Phi) is 13.5. The van der Waals surface area contributed by atoms with Crippen molar-refractivity contribution in [2.45, 2.75) is 20.4 Å². The lowest BCUT2D eigenvalue weighted by atomic mass is 10.1. The lowest BCUT2D eigenvalue weighted by molar-refractivity contribution is 0.148. The number of fused-ring (bicyclic) bond motifs is 2. The third kappa shape index (κ3) is 10.5. The smallest absolute Gasteiger partial charge is 0.323 e. The largest absolute Gasteiger partial charge is 0.493 e. The van der Waals surface area contributed by atoms with Crippen molar-refractivity contribution in [3.05, 3.63) is 124 Å². The van der Waals surface area contributed by atoms with E-state index in [4.69, 9.17) is 47.9 Å². The maximum atomic E-state index is 12.9. The maximum Gasteiger partial charge on any atom is 0.323 e. The molecule has 0 saturated carbocycles. The van der Waals surface area contributed by atoms with Crippen LogP contribution < -0.4 is 35.3 Å². The summed E-state index contributed by atoms with van der Waals surface area (Å²) in [6.07, 6.45) is 2.90. The first-order chi connectivity index (χ1) is 29.5. The highest BCUT2D eigenvalue weighted by Gasteiger charge is 2.18. The van der Waals surface area contributed by atoms with Gasteiger partial charge in [0.15, 0.2) is 11.5 Å². The van der Waals surface area contributed by atoms with Crippen LogP contribution in [0.5, 0.6) is 34.8 Å². The van der Waals surface area contributed by atoms with Gasteiger partial charge in [-0.2, -0.15) is 0 Å². The van der Waals surface area contributed by atoms with Gasteiger partial charge in [-0.3, -0.25) is 4.90 Å². The molecule has 0 atom stereocenters. The number of amides is 2. The monoisotopic (exact) mass is 861 g/mol. The van der Waals surface area contributed by atoms with Crippen molar-refractivity contribution in [3.63, 3.8) is 0 Å². The van der Waals surface area contributed by atoms with Gasteiger partial charge in [0.1, 0.15) is 24.2 Å². The minimum atomic E-state index is -0.385. The van der Waals surface area contributed by atoms with Gasteiger partial charge in [0.25, 0.3) is 0 Å². The van der Waals surface area contributed by atoms with E-state index in [0.29, 0.717) is 67.1 Å². The van der Waals surface area contributed by atoms with Crippen molar-refractivity contribution >= 4 is 68.1 Å². The number of aryl methyl sites for hydroxylation is 2. The number of aromatic nitrogens is 4. The quantitative estimate of drug-likeness (QED) is 0.112. The topological polar surface area (TPSA) is 162 Å². The summed E-state index contributed by atoms with van der Waals surface area (Å²) in [5, 5.41) is 8.08. The number of nitrogens with one attached hydrogen (secondary N) is 2. The van der Waals surface area contributed by atoms with E-state index in [0.717, 1.165) is 60.4 Å². The standard InChI is InChI=1S/C29H31ClN6O4.C16H14ClN3O/c1-35-10-12-36(13-11-35)17-19-6-4-5-7-23(19)33-29(37)34-24-9-8-20(14-22(24)30)40-28-21-15-26(38-2)27(39-3)16-25(21)31-18-32-28;1-9-5-12-15(6-10(9)2)19-8-20-16(12)21-11-3-4-14(18)13(17)7-11/h4-9,14-16,18H,10-13,17H2,1-3H3,(H2,33,34,37);3-8H,18H2,1-2H3. The molecule has 0 spiro atoms. The second-order valence-electron chi connectivity index (χ2n) is 14.4. The molecule has 0 unspecified atom stereocenters. The molecule has 0 aliphatic carbocycles. The molecule has 61 heavy (non-hydrogen) atoms. The number of carbonyl (C=O) groups excluding carboxylic acids is 1. The van der Waals surface area contributed by atoms with Gasteiger partial charge in [0, 0.05) is 56.6 Å². The number of methoxy groups -OCH3 is 2. The van der Waals surface area contributed by atoms with E-state index < -0.39 is 0 Å². The molecule has 2 amide bonds. The highest BCUT2D eigenvalue weighted by Crippen LogP contribution is 2.37. The number of urea groups is 1. The molecule has 14 nitrogen and oxygen atoms in total. The average molecular weight is 863 g/mol. The van der Waals surface area contributed by atoms with Gasteiger partial charge < -0.3 is 40.2 Å². The molecule has 2 aromatic heterocycles. The number of likely N-dealkylation sites (N-methyl/N-ethyl adjacent to an activating group) is 1. The van der Waals surface area contributed by atoms with Crippen molar-refractivity contribution in [1.29, 1.82) is 0 Å². The van der Waals surface area contributed by atoms with E-state index >= 15 is 0 Å². The highest BCUT2D eigenvalue weighted by atomic mass is 35.5. The maximum absolute atomic E-state index is 12.9. The van der Waals surface area contributed by atoms with E-state index in [1.54, 1.807) is 62.8 Å². The third-order valence-corrected chi connectivity index (χ3v) is 10.8. The number of ether oxygens (including phenoxy) is 4. The summed E-state index contributed by atoms with van der Waals surface area (Å²) >= 11 is 12.5. The molecule has 0 radical (unpaired) electrons. The number of benzene rings is 5. The molecule has 7 aromatic rings. The number of anilines is 3. The lowest BCUT2D eigenvalue weighted by Crippen LogP contribution is -2.44. The van der Waals surface area contributed by atoms with Crippen LogP contribution in [-0.2, 0) is 6.54 Å². The van der Waals surface area contributed by atoms with E-state index in [1.807, 2.05) is 43.3 Å². The van der Waals surface area contributed by atoms with Crippen LogP contribution in [-0.4, -0.2) is 83.2 Å². The molecule has 1 fully saturated rings. The van der Waals surface area contributed by atoms with Crippen molar-refractivity contribution in [2.75, 3.05) is 63.8 Å². The first-order valence-corrected chi connectivity index (χ1v) is 20.1. The number of hydrogen-bond acceptors (Lipinski definition) is 12. The Bertz CT molecular complexity index is 2700. The second kappa shape index (κ2) is 19.3. The number of nitrogens with two attached hydrogens (primary N) is 1. The second-order valence-corrected chi connectivity index (χ2v) is 15.2. The number of halogens is 2. The van der Waals surface area contributed by atoms with Gasteiger partial charge in [-0.1, -0.05) is 41.4 Å². The van der Waals surface area contributed by atoms with Crippen LogP contribution in [0.4, 0.5) is 21.9 Å². The number of nitrogens with zero attached hydrogens (tertiary/aromatic N) is 6. The predicted octanol–water partition coefficient (Wildman–Crippen LogP) is 9.76. The van der Waals surface area contributed by atoms with Crippen molar-refractivity contribution in [3.8, 4) is 34.8 Å². The molecule has 1 saturated heterocycles. The molecule has 3 heterocycles. The summed E-state index contributed by atoms with van der Waals surface area (Å²) in [6, 6.07) is 25.1. The number of para-hydroxylation sites is 1. The normalized spacial score (nSPS) is 13.0. The fourth-order valence-corrected chi connectivity index (χ4v) is 6.96. The molecule has 1 aliphatic heterocycles. The first-order valence-electron chi connectivity index (χ1n) is 19.3. The van der Waals surface area contributed by atoms with Crippen molar-refractivity contribution < 1.29 is 23.7 Å². The van der Waals surface area contributed by atoms with Crippen LogP contribution in [0.25, 0.3) is 21.8 Å². The van der Waals surface area contributed by atoms with Gasteiger partial charge >= 0.3 is 6.03 Å². The van der Waals surface area contributed by atoms with Crippen LogP contribution in [0.2, 0.25) is 10.0 Å². The van der Waals surface area contributed by atoms with E-state index in [-0.39, 0.29) is 6.03 Å². The zero-order chi connectivity index (χ0) is 43.0. The van der Waals surface area contributed by atoms with Gasteiger partial charge in [0.2, 0.25) is 11.8 Å². The predicted molar refractivity (Wildman–Crippen MR) is 241 cm³/mol. The van der Waals surface area contributed by atoms with Gasteiger partial charge in [-0.25, -0.2) is 24.7 Å². The fourth-order valence-electron chi connectivity index (χ4n) is 6.57. The number of hydrogen-bond donors (Lipinski definition) is 3. The zero-order valence-corrected chi connectivity index (χ0v) is 35.8. The Balaban J connectivity index is 0.000000224. The number of carbonyl (C=O) groups is 1. The molecular formula is C45H45Cl2N9O5. The van der Waals surface area contributed by atoms with Crippen molar-refractivity contribution in [2.24, 2.45) is 0 Å². The van der Waals surface area contributed by atoms with E-state index in [1.165, 1.54) is 18.2 Å². The van der Waals surface area contributed by atoms with Gasteiger partial charge in [-0.15, -0.1) is 0 Å². The Morgan fingerprint density at radius 3 is 1.92 bits per heavy atom. The first kappa shape index (κ1) is 42.7. The Hall–Kier alpha value is -6.45. The Morgan fingerprint density at radius 1 is 0.689 bits per heavy atom. The summed E-state index contributed by atoms with van der Waals surface area (Å²) in [7, 11) is 5.25. The molecule has 4 N–H and O–H groups in total. The minimum absolute atomic E-state index is 0.316. The van der Waals surface area contributed by atoms with Crippen molar-refractivity contribution in [1.82, 2.24) is 29.7 Å². The number of nitrogen functional groups attached to an aromatic ring is 1.